The fraction of sp³-hybridized carbons (Fsp3) is 0.864. The molecule has 1 N–H and O–H groups in total. The number of piperidine rings is 1. The average Bonchev–Trinajstić information content (AvgIpc) is 3.03. The summed E-state index contributed by atoms with van der Waals surface area (Å²) >= 11 is 0. The van der Waals surface area contributed by atoms with Crippen molar-refractivity contribution in [2.75, 3.05) is 50.8 Å². The lowest BCUT2D eigenvalue weighted by Crippen LogP contribution is -2.57. The standard InChI is InChI=1S/C22H39N5O/c1-19-20(21(25(2)24-19)26-13-15-28-16-14-26)17-23-18-22(9-5-3-6-10-22)27-11-7-4-8-12-27/h23H,3-18H2,1-2H3. The number of hydrogen-bond acceptors (Lipinski definition) is 5. The Morgan fingerprint density at radius 2 is 1.64 bits per heavy atom. The number of aryl methyl sites for hydroxylation is 2. The number of likely N-dealkylation sites (tertiary alicyclic amines) is 1. The summed E-state index contributed by atoms with van der Waals surface area (Å²) in [6.45, 7) is 10.3. The number of hydrogen-bond donors (Lipinski definition) is 1. The van der Waals surface area contributed by atoms with E-state index in [0.717, 1.165) is 45.1 Å². The van der Waals surface area contributed by atoms with E-state index >= 15 is 0 Å². The summed E-state index contributed by atoms with van der Waals surface area (Å²) in [4.78, 5) is 5.28. The van der Waals surface area contributed by atoms with Crippen molar-refractivity contribution in [2.24, 2.45) is 7.05 Å². The molecule has 6 nitrogen and oxygen atoms in total. The molecule has 1 aliphatic carbocycles. The molecule has 0 unspecified atom stereocenters. The minimum absolute atomic E-state index is 0.383. The Labute approximate surface area is 170 Å². The summed E-state index contributed by atoms with van der Waals surface area (Å²) in [5.41, 5.74) is 2.91. The second kappa shape index (κ2) is 9.14. The van der Waals surface area contributed by atoms with Crippen LogP contribution in [0.2, 0.25) is 0 Å². The van der Waals surface area contributed by atoms with Crippen LogP contribution < -0.4 is 10.2 Å². The number of aromatic nitrogens is 2. The van der Waals surface area contributed by atoms with Gasteiger partial charge in [-0.3, -0.25) is 9.58 Å². The molecule has 0 spiro atoms. The number of nitrogens with one attached hydrogen (secondary N) is 1. The van der Waals surface area contributed by atoms with Crippen molar-refractivity contribution >= 4 is 5.82 Å². The predicted molar refractivity (Wildman–Crippen MR) is 114 cm³/mol. The maximum atomic E-state index is 5.56. The Hall–Kier alpha value is -1.11. The third kappa shape index (κ3) is 4.24. The molecule has 1 aromatic heterocycles. The van der Waals surface area contributed by atoms with Gasteiger partial charge in [-0.15, -0.1) is 0 Å². The number of nitrogens with zero attached hydrogens (tertiary/aromatic N) is 4. The first-order valence-electron chi connectivity index (χ1n) is 11.5. The minimum atomic E-state index is 0.383. The molecule has 0 amide bonds. The van der Waals surface area contributed by atoms with Crippen molar-refractivity contribution in [1.82, 2.24) is 20.0 Å². The molecule has 3 fully saturated rings. The highest BCUT2D eigenvalue weighted by Gasteiger charge is 2.38. The van der Waals surface area contributed by atoms with Gasteiger partial charge in [0.1, 0.15) is 5.82 Å². The topological polar surface area (TPSA) is 45.6 Å². The Balaban J connectivity index is 1.44. The van der Waals surface area contributed by atoms with E-state index in [1.807, 2.05) is 0 Å². The molecule has 2 saturated heterocycles. The van der Waals surface area contributed by atoms with Crippen molar-refractivity contribution in [1.29, 1.82) is 0 Å². The van der Waals surface area contributed by atoms with Crippen molar-refractivity contribution in [3.63, 3.8) is 0 Å². The second-order valence-electron chi connectivity index (χ2n) is 9.05. The summed E-state index contributed by atoms with van der Waals surface area (Å²) in [5.74, 6) is 1.28. The third-order valence-corrected chi connectivity index (χ3v) is 7.19. The van der Waals surface area contributed by atoms with Crippen LogP contribution in [0.1, 0.15) is 62.6 Å². The van der Waals surface area contributed by atoms with Crippen LogP contribution in [0.4, 0.5) is 5.82 Å². The SMILES string of the molecule is Cc1nn(C)c(N2CCOCC2)c1CNCC1(N2CCCCC2)CCCCC1. The predicted octanol–water partition coefficient (Wildman–Crippen LogP) is 2.84. The van der Waals surface area contributed by atoms with E-state index < -0.39 is 0 Å². The second-order valence-corrected chi connectivity index (χ2v) is 9.05. The highest BCUT2D eigenvalue weighted by Crippen LogP contribution is 2.35. The zero-order valence-corrected chi connectivity index (χ0v) is 18.0. The Morgan fingerprint density at radius 3 is 2.36 bits per heavy atom. The van der Waals surface area contributed by atoms with Gasteiger partial charge in [0.05, 0.1) is 18.9 Å². The molecule has 0 atom stereocenters. The summed E-state index contributed by atoms with van der Waals surface area (Å²) < 4.78 is 7.62. The van der Waals surface area contributed by atoms with Crippen LogP contribution in [0.15, 0.2) is 0 Å². The molecule has 3 aliphatic rings. The lowest BCUT2D eigenvalue weighted by molar-refractivity contribution is 0.0333. The molecular weight excluding hydrogens is 350 g/mol. The number of ether oxygens (including phenoxy) is 1. The largest absolute Gasteiger partial charge is 0.378 e. The first-order valence-corrected chi connectivity index (χ1v) is 11.5. The van der Waals surface area contributed by atoms with Gasteiger partial charge >= 0.3 is 0 Å². The average molecular weight is 390 g/mol. The van der Waals surface area contributed by atoms with Crippen molar-refractivity contribution < 1.29 is 4.74 Å². The van der Waals surface area contributed by atoms with E-state index in [4.69, 9.17) is 9.84 Å². The van der Waals surface area contributed by atoms with Crippen molar-refractivity contribution in [2.45, 2.75) is 70.4 Å². The molecule has 0 radical (unpaired) electrons. The fourth-order valence-corrected chi connectivity index (χ4v) is 5.67. The molecule has 3 heterocycles. The fourth-order valence-electron chi connectivity index (χ4n) is 5.67. The van der Waals surface area contributed by atoms with Crippen molar-refractivity contribution in [3.05, 3.63) is 11.3 Å². The van der Waals surface area contributed by atoms with Gasteiger partial charge in [-0.25, -0.2) is 0 Å². The zero-order valence-electron chi connectivity index (χ0n) is 18.0. The maximum absolute atomic E-state index is 5.56. The molecule has 1 aromatic rings. The van der Waals surface area contributed by atoms with Gasteiger partial charge in [-0.2, -0.15) is 5.10 Å². The maximum Gasteiger partial charge on any atom is 0.131 e. The van der Waals surface area contributed by atoms with Gasteiger partial charge in [0.25, 0.3) is 0 Å². The molecule has 1 saturated carbocycles. The van der Waals surface area contributed by atoms with E-state index in [9.17, 15) is 0 Å². The minimum Gasteiger partial charge on any atom is -0.378 e. The zero-order chi connectivity index (χ0) is 19.4. The molecule has 28 heavy (non-hydrogen) atoms. The number of morpholine rings is 1. The first-order chi connectivity index (χ1) is 13.7. The van der Waals surface area contributed by atoms with Crippen LogP contribution in [0, 0.1) is 6.92 Å². The van der Waals surface area contributed by atoms with Gasteiger partial charge in [0.2, 0.25) is 0 Å². The van der Waals surface area contributed by atoms with Crippen molar-refractivity contribution in [3.8, 4) is 0 Å². The van der Waals surface area contributed by atoms with E-state index in [0.29, 0.717) is 5.54 Å². The molecule has 6 heteroatoms. The number of anilines is 1. The van der Waals surface area contributed by atoms with Crippen LogP contribution in [0.5, 0.6) is 0 Å². The summed E-state index contributed by atoms with van der Waals surface area (Å²) in [6.07, 6.45) is 11.1. The summed E-state index contributed by atoms with van der Waals surface area (Å²) in [6, 6.07) is 0. The Bertz CT molecular complexity index is 625. The van der Waals surface area contributed by atoms with Gasteiger partial charge < -0.3 is 15.0 Å². The van der Waals surface area contributed by atoms with Crippen LogP contribution in [-0.4, -0.2) is 66.2 Å². The van der Waals surface area contributed by atoms with Crippen LogP contribution in [0.3, 0.4) is 0 Å². The Morgan fingerprint density at radius 1 is 0.964 bits per heavy atom. The van der Waals surface area contributed by atoms with Gasteiger partial charge in [0.15, 0.2) is 0 Å². The third-order valence-electron chi connectivity index (χ3n) is 7.19. The molecule has 4 rings (SSSR count). The molecular formula is C22H39N5O. The van der Waals surface area contributed by atoms with E-state index in [1.165, 1.54) is 75.8 Å². The summed E-state index contributed by atoms with van der Waals surface area (Å²) in [5, 5.41) is 8.63. The highest BCUT2D eigenvalue weighted by molar-refractivity contribution is 5.50. The molecule has 0 bridgehead atoms. The molecule has 2 aliphatic heterocycles. The molecule has 158 valence electrons. The quantitative estimate of drug-likeness (QED) is 0.811. The smallest absolute Gasteiger partial charge is 0.131 e. The highest BCUT2D eigenvalue weighted by atomic mass is 16.5. The normalized spacial score (nSPS) is 23.9. The van der Waals surface area contributed by atoms with E-state index in [-0.39, 0.29) is 0 Å². The molecule has 0 aromatic carbocycles. The lowest BCUT2D eigenvalue weighted by Gasteiger charge is -2.48. The van der Waals surface area contributed by atoms with Crippen LogP contribution >= 0.6 is 0 Å². The van der Waals surface area contributed by atoms with Gasteiger partial charge in [-0.1, -0.05) is 25.7 Å². The number of rotatable bonds is 6. The lowest BCUT2D eigenvalue weighted by atomic mass is 9.79. The van der Waals surface area contributed by atoms with Crippen LogP contribution in [-0.2, 0) is 18.3 Å². The van der Waals surface area contributed by atoms with Crippen LogP contribution in [0.25, 0.3) is 0 Å². The Kier molecular flexibility index (Phi) is 6.59. The van der Waals surface area contributed by atoms with Gasteiger partial charge in [-0.05, 0) is 45.7 Å². The van der Waals surface area contributed by atoms with E-state index in [2.05, 4.69) is 33.8 Å². The van der Waals surface area contributed by atoms with E-state index in [1.54, 1.807) is 0 Å². The van der Waals surface area contributed by atoms with Gasteiger partial charge in [0, 0.05) is 44.3 Å². The first kappa shape index (κ1) is 20.2. The monoisotopic (exact) mass is 389 g/mol. The summed E-state index contributed by atoms with van der Waals surface area (Å²) in [7, 11) is 2.08.